The number of rotatable bonds is 0. The summed E-state index contributed by atoms with van der Waals surface area (Å²) < 4.78 is 0. The molecule has 1 saturated carbocycles. The van der Waals surface area contributed by atoms with Crippen LogP contribution in [0.3, 0.4) is 0 Å². The van der Waals surface area contributed by atoms with Crippen LogP contribution in [0.2, 0.25) is 0 Å². The van der Waals surface area contributed by atoms with Crippen LogP contribution >= 0.6 is 0 Å². The van der Waals surface area contributed by atoms with Crippen LogP contribution in [-0.4, -0.2) is 0 Å². The molecule has 0 bridgehead atoms. The lowest BCUT2D eigenvalue weighted by molar-refractivity contribution is 0.189. The molecule has 0 aromatic heterocycles. The van der Waals surface area contributed by atoms with Gasteiger partial charge >= 0.3 is 0 Å². The number of hydrogen-bond acceptors (Lipinski definition) is 0. The highest BCUT2D eigenvalue weighted by Crippen LogP contribution is 2.46. The van der Waals surface area contributed by atoms with E-state index in [1.165, 1.54) is 25.7 Å². The van der Waals surface area contributed by atoms with Crippen molar-refractivity contribution >= 4 is 0 Å². The Bertz CT molecular complexity index is 230. The molecule has 2 rings (SSSR count). The summed E-state index contributed by atoms with van der Waals surface area (Å²) >= 11 is 0. The Labute approximate surface area is 75.4 Å². The Kier molecular flexibility index (Phi) is 1.86. The lowest BCUT2D eigenvalue weighted by Gasteiger charge is -2.41. The van der Waals surface area contributed by atoms with E-state index in [1.54, 1.807) is 5.57 Å². The molecular formula is C12H18. The highest BCUT2D eigenvalue weighted by atomic mass is 14.4. The van der Waals surface area contributed by atoms with Gasteiger partial charge in [-0.3, -0.25) is 0 Å². The first kappa shape index (κ1) is 8.10. The molecule has 1 fully saturated rings. The SMILES string of the molecule is CC1(C)CCCC2=CC=CCC21. The average molecular weight is 162 g/mol. The Morgan fingerprint density at radius 1 is 1.42 bits per heavy atom. The maximum Gasteiger partial charge on any atom is -0.0114 e. The normalized spacial score (nSPS) is 32.5. The van der Waals surface area contributed by atoms with Gasteiger partial charge in [-0.1, -0.05) is 37.6 Å². The molecule has 12 heavy (non-hydrogen) atoms. The van der Waals surface area contributed by atoms with Gasteiger partial charge in [0.05, 0.1) is 0 Å². The summed E-state index contributed by atoms with van der Waals surface area (Å²) in [4.78, 5) is 0. The highest BCUT2D eigenvalue weighted by Gasteiger charge is 2.34. The molecule has 2 aliphatic carbocycles. The smallest absolute Gasteiger partial charge is 0.0114 e. The third-order valence-electron chi connectivity index (χ3n) is 3.50. The molecule has 0 amide bonds. The van der Waals surface area contributed by atoms with E-state index in [2.05, 4.69) is 32.1 Å². The zero-order chi connectivity index (χ0) is 8.60. The Morgan fingerprint density at radius 2 is 2.25 bits per heavy atom. The fourth-order valence-electron chi connectivity index (χ4n) is 2.67. The predicted molar refractivity (Wildman–Crippen MR) is 53.0 cm³/mol. The number of allylic oxidation sites excluding steroid dienone is 4. The van der Waals surface area contributed by atoms with Gasteiger partial charge in [0.15, 0.2) is 0 Å². The second-order valence-electron chi connectivity index (χ2n) is 4.80. The van der Waals surface area contributed by atoms with Crippen LogP contribution in [0, 0.1) is 11.3 Å². The summed E-state index contributed by atoms with van der Waals surface area (Å²) in [5.41, 5.74) is 2.25. The fourth-order valence-corrected chi connectivity index (χ4v) is 2.67. The monoisotopic (exact) mass is 162 g/mol. The largest absolute Gasteiger partial charge is 0.0839 e. The fraction of sp³-hybridized carbons (Fsp3) is 0.667. The summed E-state index contributed by atoms with van der Waals surface area (Å²) in [6.07, 6.45) is 12.3. The first-order chi connectivity index (χ1) is 5.70. The Balaban J connectivity index is 2.26. The van der Waals surface area contributed by atoms with Gasteiger partial charge in [-0.05, 0) is 37.0 Å². The van der Waals surface area contributed by atoms with Gasteiger partial charge in [0, 0.05) is 0 Å². The molecule has 0 spiro atoms. The molecule has 0 aromatic carbocycles. The topological polar surface area (TPSA) is 0 Å². The molecule has 0 nitrogen and oxygen atoms in total. The van der Waals surface area contributed by atoms with Crippen molar-refractivity contribution in [3.8, 4) is 0 Å². The predicted octanol–water partition coefficient (Wildman–Crippen LogP) is 3.70. The summed E-state index contributed by atoms with van der Waals surface area (Å²) in [6, 6.07) is 0. The number of fused-ring (bicyclic) bond motifs is 1. The van der Waals surface area contributed by atoms with E-state index in [0.717, 1.165) is 5.92 Å². The van der Waals surface area contributed by atoms with Gasteiger partial charge in [-0.25, -0.2) is 0 Å². The third kappa shape index (κ3) is 1.24. The lowest BCUT2D eigenvalue weighted by atomic mass is 9.64. The van der Waals surface area contributed by atoms with Crippen LogP contribution in [0.4, 0.5) is 0 Å². The first-order valence-electron chi connectivity index (χ1n) is 5.06. The lowest BCUT2D eigenvalue weighted by Crippen LogP contribution is -2.30. The summed E-state index contributed by atoms with van der Waals surface area (Å²) in [5, 5.41) is 0. The molecule has 66 valence electrons. The van der Waals surface area contributed by atoms with Crippen molar-refractivity contribution in [2.24, 2.45) is 11.3 Å². The molecule has 1 unspecified atom stereocenters. The van der Waals surface area contributed by atoms with E-state index in [4.69, 9.17) is 0 Å². The summed E-state index contributed by atoms with van der Waals surface area (Å²) in [5.74, 6) is 0.844. The van der Waals surface area contributed by atoms with E-state index >= 15 is 0 Å². The van der Waals surface area contributed by atoms with Crippen LogP contribution in [0.5, 0.6) is 0 Å². The summed E-state index contributed by atoms with van der Waals surface area (Å²) in [7, 11) is 0. The van der Waals surface area contributed by atoms with Crippen LogP contribution in [0.1, 0.15) is 39.5 Å². The maximum absolute atomic E-state index is 2.42. The van der Waals surface area contributed by atoms with Crippen molar-refractivity contribution in [1.29, 1.82) is 0 Å². The van der Waals surface area contributed by atoms with Gasteiger partial charge in [-0.2, -0.15) is 0 Å². The maximum atomic E-state index is 2.42. The molecule has 0 aliphatic heterocycles. The van der Waals surface area contributed by atoms with E-state index in [1.807, 2.05) is 0 Å². The van der Waals surface area contributed by atoms with Crippen LogP contribution in [0.15, 0.2) is 23.8 Å². The molecule has 0 saturated heterocycles. The van der Waals surface area contributed by atoms with Crippen molar-refractivity contribution in [3.05, 3.63) is 23.8 Å². The molecule has 1 atom stereocenters. The third-order valence-corrected chi connectivity index (χ3v) is 3.50. The summed E-state index contributed by atoms with van der Waals surface area (Å²) in [6.45, 7) is 4.84. The molecule has 0 aromatic rings. The molecule has 0 radical (unpaired) electrons. The van der Waals surface area contributed by atoms with Crippen molar-refractivity contribution in [3.63, 3.8) is 0 Å². The van der Waals surface area contributed by atoms with E-state index < -0.39 is 0 Å². The van der Waals surface area contributed by atoms with Crippen molar-refractivity contribution in [1.82, 2.24) is 0 Å². The van der Waals surface area contributed by atoms with Gasteiger partial charge in [0.1, 0.15) is 0 Å². The zero-order valence-electron chi connectivity index (χ0n) is 8.14. The Hall–Kier alpha value is -0.520. The molecule has 0 N–H and O–H groups in total. The van der Waals surface area contributed by atoms with Crippen LogP contribution in [-0.2, 0) is 0 Å². The minimum atomic E-state index is 0.550. The van der Waals surface area contributed by atoms with Gasteiger partial charge < -0.3 is 0 Å². The zero-order valence-corrected chi connectivity index (χ0v) is 8.14. The first-order valence-corrected chi connectivity index (χ1v) is 5.06. The van der Waals surface area contributed by atoms with E-state index in [0.29, 0.717) is 5.41 Å². The van der Waals surface area contributed by atoms with E-state index in [9.17, 15) is 0 Å². The van der Waals surface area contributed by atoms with Gasteiger partial charge in [-0.15, -0.1) is 0 Å². The second-order valence-corrected chi connectivity index (χ2v) is 4.80. The van der Waals surface area contributed by atoms with Crippen LogP contribution < -0.4 is 0 Å². The standard InChI is InChI=1S/C12H18/c1-12(2)9-5-7-10-6-3-4-8-11(10)12/h3-4,6,11H,5,7-9H2,1-2H3. The minimum Gasteiger partial charge on any atom is -0.0839 e. The molecule has 0 heteroatoms. The Morgan fingerprint density at radius 3 is 3.00 bits per heavy atom. The van der Waals surface area contributed by atoms with Crippen molar-refractivity contribution in [2.75, 3.05) is 0 Å². The second kappa shape index (κ2) is 2.76. The van der Waals surface area contributed by atoms with Crippen molar-refractivity contribution in [2.45, 2.75) is 39.5 Å². The van der Waals surface area contributed by atoms with Gasteiger partial charge in [0.25, 0.3) is 0 Å². The average Bonchev–Trinajstić information content (AvgIpc) is 2.04. The number of hydrogen-bond donors (Lipinski definition) is 0. The van der Waals surface area contributed by atoms with Crippen molar-refractivity contribution < 1.29 is 0 Å². The van der Waals surface area contributed by atoms with Crippen LogP contribution in [0.25, 0.3) is 0 Å². The van der Waals surface area contributed by atoms with E-state index in [-0.39, 0.29) is 0 Å². The minimum absolute atomic E-state index is 0.550. The molecule has 0 heterocycles. The molecular weight excluding hydrogens is 144 g/mol. The van der Waals surface area contributed by atoms with Gasteiger partial charge in [0.2, 0.25) is 0 Å². The highest BCUT2D eigenvalue weighted by molar-refractivity contribution is 5.24. The quantitative estimate of drug-likeness (QED) is 0.509. The molecule has 2 aliphatic rings.